The van der Waals surface area contributed by atoms with Crippen LogP contribution in [-0.2, 0) is 24.4 Å². The molecular weight excluding hydrogens is 463 g/mol. The number of thiophene rings is 1. The number of aryl methyl sites for hydroxylation is 1. The van der Waals surface area contributed by atoms with Gasteiger partial charge in [0.15, 0.2) is 0 Å². The second-order valence-corrected chi connectivity index (χ2v) is 9.92. The fourth-order valence-corrected chi connectivity index (χ4v) is 4.99. The average molecular weight is 489 g/mol. The number of nitrogens with zero attached hydrogens (tertiary/aromatic N) is 3. The molecule has 0 radical (unpaired) electrons. The van der Waals surface area contributed by atoms with Gasteiger partial charge in [0.1, 0.15) is 22.7 Å². The van der Waals surface area contributed by atoms with Crippen molar-refractivity contribution < 1.29 is 14.0 Å². The summed E-state index contributed by atoms with van der Waals surface area (Å²) < 4.78 is 16.2. The van der Waals surface area contributed by atoms with Crippen molar-refractivity contribution in [1.29, 1.82) is 0 Å². The van der Waals surface area contributed by atoms with Crippen molar-refractivity contribution in [1.82, 2.24) is 20.0 Å². The number of aromatic nitrogens is 2. The molecule has 1 aliphatic heterocycles. The summed E-state index contributed by atoms with van der Waals surface area (Å²) in [5.41, 5.74) is 2.23. The lowest BCUT2D eigenvalue weighted by Gasteiger charge is -2.43. The van der Waals surface area contributed by atoms with Crippen LogP contribution in [0.4, 0.5) is 4.39 Å². The fraction of sp³-hybridized carbons (Fsp3) is 0.222. The van der Waals surface area contributed by atoms with Gasteiger partial charge in [0, 0.05) is 12.1 Å². The first-order chi connectivity index (χ1) is 16.8. The number of carbonyl (C=O) groups is 2. The lowest BCUT2D eigenvalue weighted by atomic mass is 9.94. The van der Waals surface area contributed by atoms with Gasteiger partial charge in [-0.25, -0.2) is 4.39 Å². The normalized spacial score (nSPS) is 17.3. The molecule has 2 aromatic carbocycles. The molecule has 1 atom stereocenters. The highest BCUT2D eigenvalue weighted by atomic mass is 32.1. The smallest absolute Gasteiger partial charge is 0.273 e. The standard InChI is InChI=1S/C27H25FN4O2S/c1-18-9-11-19(12-10-18)15-29-26(34)27(2)17-32-23(14-22(30-32)24-8-5-13-35-24)25(33)31(27)16-20-6-3-4-7-21(20)28/h3-14H,15-17H2,1-2H3,(H,29,34). The van der Waals surface area contributed by atoms with Crippen LogP contribution >= 0.6 is 11.3 Å². The molecule has 0 bridgehead atoms. The minimum atomic E-state index is -1.27. The Balaban J connectivity index is 1.49. The quantitative estimate of drug-likeness (QED) is 0.424. The Morgan fingerprint density at radius 2 is 1.91 bits per heavy atom. The number of rotatable bonds is 6. The Morgan fingerprint density at radius 1 is 1.14 bits per heavy atom. The molecule has 0 saturated carbocycles. The Kier molecular flexibility index (Phi) is 5.98. The van der Waals surface area contributed by atoms with Crippen LogP contribution in [0.1, 0.15) is 34.1 Å². The third-order valence-corrected chi connectivity index (χ3v) is 7.31. The summed E-state index contributed by atoms with van der Waals surface area (Å²) in [6.07, 6.45) is 0. The van der Waals surface area contributed by atoms with Gasteiger partial charge >= 0.3 is 0 Å². The topological polar surface area (TPSA) is 67.2 Å². The number of nitrogens with one attached hydrogen (secondary N) is 1. The molecule has 0 aliphatic carbocycles. The van der Waals surface area contributed by atoms with E-state index in [9.17, 15) is 14.0 Å². The summed E-state index contributed by atoms with van der Waals surface area (Å²) >= 11 is 1.53. The molecule has 1 unspecified atom stereocenters. The molecule has 1 aliphatic rings. The van der Waals surface area contributed by atoms with Crippen LogP contribution in [0.3, 0.4) is 0 Å². The van der Waals surface area contributed by atoms with E-state index >= 15 is 0 Å². The SMILES string of the molecule is Cc1ccc(CNC(=O)C2(C)Cn3nc(-c4cccs4)cc3C(=O)N2Cc2ccccc2F)cc1. The van der Waals surface area contributed by atoms with Crippen molar-refractivity contribution in [2.75, 3.05) is 0 Å². The van der Waals surface area contributed by atoms with E-state index in [4.69, 9.17) is 0 Å². The van der Waals surface area contributed by atoms with E-state index in [2.05, 4.69) is 10.4 Å². The van der Waals surface area contributed by atoms with Crippen LogP contribution in [-0.4, -0.2) is 32.0 Å². The lowest BCUT2D eigenvalue weighted by Crippen LogP contribution is -2.63. The number of carbonyl (C=O) groups excluding carboxylic acids is 2. The van der Waals surface area contributed by atoms with Gasteiger partial charge in [-0.3, -0.25) is 14.3 Å². The average Bonchev–Trinajstić information content (AvgIpc) is 3.52. The molecule has 35 heavy (non-hydrogen) atoms. The third-order valence-electron chi connectivity index (χ3n) is 6.42. The Bertz CT molecular complexity index is 1380. The Hall–Kier alpha value is -3.78. The van der Waals surface area contributed by atoms with Crippen molar-refractivity contribution in [2.24, 2.45) is 0 Å². The number of halogens is 1. The maximum atomic E-state index is 14.6. The third kappa shape index (κ3) is 4.37. The maximum Gasteiger partial charge on any atom is 0.273 e. The molecular formula is C27H25FN4O2S. The number of hydrogen-bond acceptors (Lipinski definition) is 4. The highest BCUT2D eigenvalue weighted by Crippen LogP contribution is 2.33. The van der Waals surface area contributed by atoms with E-state index in [1.54, 1.807) is 35.9 Å². The molecule has 0 fully saturated rings. The number of fused-ring (bicyclic) bond motifs is 1. The first-order valence-electron chi connectivity index (χ1n) is 11.4. The zero-order chi connectivity index (χ0) is 24.6. The second kappa shape index (κ2) is 9.11. The van der Waals surface area contributed by atoms with Gasteiger partial charge in [0.2, 0.25) is 5.91 Å². The van der Waals surface area contributed by atoms with E-state index in [1.165, 1.54) is 22.3 Å². The van der Waals surface area contributed by atoms with Gasteiger partial charge in [0.05, 0.1) is 18.0 Å². The van der Waals surface area contributed by atoms with Crippen LogP contribution in [0.15, 0.2) is 72.1 Å². The van der Waals surface area contributed by atoms with Crippen molar-refractivity contribution in [3.05, 3.63) is 100 Å². The summed E-state index contributed by atoms with van der Waals surface area (Å²) in [7, 11) is 0. The molecule has 5 rings (SSSR count). The number of hydrogen-bond donors (Lipinski definition) is 1. The summed E-state index contributed by atoms with van der Waals surface area (Å²) in [6, 6.07) is 19.8. The lowest BCUT2D eigenvalue weighted by molar-refractivity contribution is -0.133. The van der Waals surface area contributed by atoms with Crippen LogP contribution in [0.5, 0.6) is 0 Å². The van der Waals surface area contributed by atoms with E-state index in [0.29, 0.717) is 23.5 Å². The summed E-state index contributed by atoms with van der Waals surface area (Å²) in [5.74, 6) is -1.09. The van der Waals surface area contributed by atoms with Gasteiger partial charge in [-0.2, -0.15) is 5.10 Å². The monoisotopic (exact) mass is 488 g/mol. The zero-order valence-corrected chi connectivity index (χ0v) is 20.3. The number of amides is 2. The maximum absolute atomic E-state index is 14.6. The first-order valence-corrected chi connectivity index (χ1v) is 12.2. The van der Waals surface area contributed by atoms with Crippen LogP contribution in [0.25, 0.3) is 10.6 Å². The molecule has 1 N–H and O–H groups in total. The van der Waals surface area contributed by atoms with Crippen LogP contribution in [0, 0.1) is 12.7 Å². The molecule has 0 spiro atoms. The molecule has 2 amide bonds. The van der Waals surface area contributed by atoms with Gasteiger partial charge in [-0.05, 0) is 43.0 Å². The molecule has 6 nitrogen and oxygen atoms in total. The molecule has 0 saturated heterocycles. The summed E-state index contributed by atoms with van der Waals surface area (Å²) in [4.78, 5) is 29.7. The predicted octanol–water partition coefficient (Wildman–Crippen LogP) is 4.79. The van der Waals surface area contributed by atoms with Gasteiger partial charge < -0.3 is 10.2 Å². The summed E-state index contributed by atoms with van der Waals surface area (Å²) in [5, 5.41) is 9.56. The highest BCUT2D eigenvalue weighted by molar-refractivity contribution is 7.13. The van der Waals surface area contributed by atoms with Crippen molar-refractivity contribution in [2.45, 2.75) is 39.0 Å². The number of benzene rings is 2. The van der Waals surface area contributed by atoms with Crippen molar-refractivity contribution >= 4 is 23.2 Å². The van der Waals surface area contributed by atoms with Crippen LogP contribution < -0.4 is 5.32 Å². The van der Waals surface area contributed by atoms with Crippen molar-refractivity contribution in [3.63, 3.8) is 0 Å². The molecule has 2 aromatic heterocycles. The highest BCUT2D eigenvalue weighted by Gasteiger charge is 2.48. The molecule has 3 heterocycles. The zero-order valence-electron chi connectivity index (χ0n) is 19.5. The minimum absolute atomic E-state index is 0.0283. The molecule has 178 valence electrons. The fourth-order valence-electron chi connectivity index (χ4n) is 4.31. The van der Waals surface area contributed by atoms with E-state index in [0.717, 1.165) is 16.0 Å². The van der Waals surface area contributed by atoms with E-state index in [1.807, 2.05) is 48.7 Å². The minimum Gasteiger partial charge on any atom is -0.350 e. The Labute approximate surface area is 207 Å². The van der Waals surface area contributed by atoms with Gasteiger partial charge in [-0.1, -0.05) is 54.1 Å². The predicted molar refractivity (Wildman–Crippen MR) is 133 cm³/mol. The molecule has 8 heteroatoms. The van der Waals surface area contributed by atoms with Gasteiger partial charge in [0.25, 0.3) is 5.91 Å². The Morgan fingerprint density at radius 3 is 2.63 bits per heavy atom. The van der Waals surface area contributed by atoms with Gasteiger partial charge in [-0.15, -0.1) is 11.3 Å². The van der Waals surface area contributed by atoms with Crippen LogP contribution in [0.2, 0.25) is 0 Å². The van der Waals surface area contributed by atoms with E-state index < -0.39 is 11.4 Å². The van der Waals surface area contributed by atoms with E-state index in [-0.39, 0.29) is 24.9 Å². The largest absolute Gasteiger partial charge is 0.350 e. The van der Waals surface area contributed by atoms with Crippen molar-refractivity contribution in [3.8, 4) is 10.6 Å². The molecule has 4 aromatic rings. The first kappa shape index (κ1) is 23.0. The second-order valence-electron chi connectivity index (χ2n) is 8.97. The summed E-state index contributed by atoms with van der Waals surface area (Å²) in [6.45, 7) is 4.17.